The fourth-order valence-corrected chi connectivity index (χ4v) is 2.70. The molecule has 1 N–H and O–H groups in total. The predicted molar refractivity (Wildman–Crippen MR) is 83.1 cm³/mol. The molecule has 2 aromatic rings. The van der Waals surface area contributed by atoms with Gasteiger partial charge in [0, 0.05) is 5.56 Å². The molecule has 0 amide bonds. The maximum absolute atomic E-state index is 13.5. The van der Waals surface area contributed by atoms with Gasteiger partial charge in [0.25, 0.3) is 0 Å². The lowest BCUT2D eigenvalue weighted by molar-refractivity contribution is 0.219. The number of hydrogen-bond donors (Lipinski definition) is 1. The van der Waals surface area contributed by atoms with Gasteiger partial charge in [-0.15, -0.1) is 0 Å². The van der Waals surface area contributed by atoms with Crippen molar-refractivity contribution in [3.63, 3.8) is 0 Å². The van der Waals surface area contributed by atoms with Crippen molar-refractivity contribution >= 4 is 15.9 Å². The van der Waals surface area contributed by atoms with Gasteiger partial charge in [-0.25, -0.2) is 4.39 Å². The van der Waals surface area contributed by atoms with Crippen LogP contribution in [0, 0.1) is 11.7 Å². The molecule has 0 saturated heterocycles. The van der Waals surface area contributed by atoms with Crippen molar-refractivity contribution in [3.8, 4) is 0 Å². The second-order valence-electron chi connectivity index (χ2n) is 5.39. The summed E-state index contributed by atoms with van der Waals surface area (Å²) in [5, 5.41) is 10.4. The Hall–Kier alpha value is -1.19. The van der Waals surface area contributed by atoms with Gasteiger partial charge in [-0.2, -0.15) is 0 Å². The Bertz CT molecular complexity index is 578. The molecule has 0 aromatic heterocycles. The molecule has 3 heteroatoms. The third kappa shape index (κ3) is 3.47. The van der Waals surface area contributed by atoms with Gasteiger partial charge in [0.05, 0.1) is 4.47 Å². The lowest BCUT2D eigenvalue weighted by Crippen LogP contribution is -2.02. The number of rotatable bonds is 4. The van der Waals surface area contributed by atoms with Crippen LogP contribution in [0.3, 0.4) is 0 Å². The highest BCUT2D eigenvalue weighted by atomic mass is 79.9. The Morgan fingerprint density at radius 1 is 1.10 bits per heavy atom. The molecule has 2 aromatic carbocycles. The maximum atomic E-state index is 13.5. The fraction of sp³-hybridized carbons (Fsp3) is 0.294. The topological polar surface area (TPSA) is 20.2 Å². The summed E-state index contributed by atoms with van der Waals surface area (Å²) in [7, 11) is 0. The summed E-state index contributed by atoms with van der Waals surface area (Å²) in [6, 6.07) is 12.5. The molecule has 0 aliphatic rings. The van der Waals surface area contributed by atoms with Crippen molar-refractivity contribution in [1.82, 2.24) is 0 Å². The van der Waals surface area contributed by atoms with Crippen LogP contribution in [0.15, 0.2) is 46.9 Å². The van der Waals surface area contributed by atoms with E-state index in [1.807, 2.05) is 24.3 Å². The Kier molecular flexibility index (Phi) is 4.95. The quantitative estimate of drug-likeness (QED) is 0.844. The van der Waals surface area contributed by atoms with Crippen LogP contribution in [0.5, 0.6) is 0 Å². The van der Waals surface area contributed by atoms with E-state index in [1.54, 1.807) is 12.1 Å². The van der Waals surface area contributed by atoms with Crippen LogP contribution in [0.2, 0.25) is 0 Å². The van der Waals surface area contributed by atoms with Crippen LogP contribution >= 0.6 is 15.9 Å². The Balaban J connectivity index is 2.25. The minimum Gasteiger partial charge on any atom is -0.384 e. The van der Waals surface area contributed by atoms with E-state index < -0.39 is 6.10 Å². The summed E-state index contributed by atoms with van der Waals surface area (Å²) in [5.74, 6) is 0.237. The third-order valence-corrected chi connectivity index (χ3v) is 4.05. The zero-order valence-electron chi connectivity index (χ0n) is 11.6. The van der Waals surface area contributed by atoms with Gasteiger partial charge >= 0.3 is 0 Å². The molecule has 0 aliphatic heterocycles. The van der Waals surface area contributed by atoms with Crippen molar-refractivity contribution in [2.75, 3.05) is 0 Å². The van der Waals surface area contributed by atoms with E-state index in [4.69, 9.17) is 0 Å². The van der Waals surface area contributed by atoms with Gasteiger partial charge in [0.2, 0.25) is 0 Å². The minimum absolute atomic E-state index is 0.318. The summed E-state index contributed by atoms with van der Waals surface area (Å²) in [4.78, 5) is 0. The van der Waals surface area contributed by atoms with E-state index in [2.05, 4.69) is 29.8 Å². The summed E-state index contributed by atoms with van der Waals surface area (Å²) >= 11 is 3.19. The van der Waals surface area contributed by atoms with Crippen LogP contribution in [-0.4, -0.2) is 5.11 Å². The summed E-state index contributed by atoms with van der Waals surface area (Å²) in [6.45, 7) is 4.35. The summed E-state index contributed by atoms with van der Waals surface area (Å²) in [5.41, 5.74) is 2.56. The highest BCUT2D eigenvalue weighted by molar-refractivity contribution is 9.10. The van der Waals surface area contributed by atoms with Crippen LogP contribution in [0.4, 0.5) is 4.39 Å². The molecule has 20 heavy (non-hydrogen) atoms. The van der Waals surface area contributed by atoms with Crippen molar-refractivity contribution in [1.29, 1.82) is 0 Å². The molecule has 0 radical (unpaired) electrons. The van der Waals surface area contributed by atoms with Crippen LogP contribution < -0.4 is 0 Å². The second kappa shape index (κ2) is 6.51. The lowest BCUT2D eigenvalue weighted by atomic mass is 9.97. The predicted octanol–water partition coefficient (Wildman–Crippen LogP) is 4.87. The van der Waals surface area contributed by atoms with E-state index in [-0.39, 0.29) is 5.82 Å². The highest BCUT2D eigenvalue weighted by Crippen LogP contribution is 2.30. The average molecular weight is 337 g/mol. The molecule has 0 fully saturated rings. The number of aliphatic hydroxyl groups excluding tert-OH is 1. The molecule has 1 unspecified atom stereocenters. The molecule has 2 rings (SSSR count). The van der Waals surface area contributed by atoms with Gasteiger partial charge in [-0.1, -0.05) is 50.2 Å². The fourth-order valence-electron chi connectivity index (χ4n) is 2.22. The molecule has 1 atom stereocenters. The smallest absolute Gasteiger partial charge is 0.137 e. The van der Waals surface area contributed by atoms with E-state index >= 15 is 0 Å². The molecule has 0 saturated carbocycles. The SMILES string of the molecule is CC(C)Cc1ccc(C(O)c2cccc(F)c2Br)cc1. The first-order chi connectivity index (χ1) is 9.49. The highest BCUT2D eigenvalue weighted by Gasteiger charge is 2.15. The number of aliphatic hydroxyl groups is 1. The monoisotopic (exact) mass is 336 g/mol. The Labute approximate surface area is 127 Å². The van der Waals surface area contributed by atoms with E-state index in [1.165, 1.54) is 11.6 Å². The first kappa shape index (κ1) is 15.2. The first-order valence-electron chi connectivity index (χ1n) is 6.70. The van der Waals surface area contributed by atoms with Crippen molar-refractivity contribution < 1.29 is 9.50 Å². The number of halogens is 2. The Morgan fingerprint density at radius 2 is 1.75 bits per heavy atom. The molecule has 0 heterocycles. The van der Waals surface area contributed by atoms with Crippen molar-refractivity contribution in [2.24, 2.45) is 5.92 Å². The standard InChI is InChI=1S/C17H18BrFO/c1-11(2)10-12-6-8-13(9-7-12)17(20)14-4-3-5-15(19)16(14)18/h3-9,11,17,20H,10H2,1-2H3. The van der Waals surface area contributed by atoms with Crippen LogP contribution in [-0.2, 0) is 6.42 Å². The second-order valence-corrected chi connectivity index (χ2v) is 6.18. The normalized spacial score (nSPS) is 12.7. The Morgan fingerprint density at radius 3 is 2.35 bits per heavy atom. The largest absolute Gasteiger partial charge is 0.384 e. The molecule has 106 valence electrons. The number of benzene rings is 2. The first-order valence-corrected chi connectivity index (χ1v) is 7.49. The third-order valence-electron chi connectivity index (χ3n) is 3.22. The van der Waals surface area contributed by atoms with Crippen LogP contribution in [0.1, 0.15) is 36.6 Å². The number of hydrogen-bond acceptors (Lipinski definition) is 1. The minimum atomic E-state index is -0.826. The van der Waals surface area contributed by atoms with Crippen LogP contribution in [0.25, 0.3) is 0 Å². The van der Waals surface area contributed by atoms with Gasteiger partial charge in [-0.3, -0.25) is 0 Å². The van der Waals surface area contributed by atoms with Gasteiger partial charge in [0.1, 0.15) is 11.9 Å². The van der Waals surface area contributed by atoms with E-state index in [9.17, 15) is 9.50 Å². The molecule has 0 aliphatic carbocycles. The summed E-state index contributed by atoms with van der Waals surface area (Å²) in [6.07, 6.45) is 0.188. The van der Waals surface area contributed by atoms with E-state index in [0.29, 0.717) is 16.0 Å². The zero-order chi connectivity index (χ0) is 14.7. The molecule has 0 spiro atoms. The van der Waals surface area contributed by atoms with E-state index in [0.717, 1.165) is 12.0 Å². The molecule has 1 nitrogen and oxygen atoms in total. The van der Waals surface area contributed by atoms with Gasteiger partial charge < -0.3 is 5.11 Å². The average Bonchev–Trinajstić information content (AvgIpc) is 2.41. The molecule has 0 bridgehead atoms. The van der Waals surface area contributed by atoms with Gasteiger partial charge in [0.15, 0.2) is 0 Å². The molecular weight excluding hydrogens is 319 g/mol. The zero-order valence-corrected chi connectivity index (χ0v) is 13.2. The maximum Gasteiger partial charge on any atom is 0.137 e. The van der Waals surface area contributed by atoms with Crippen molar-refractivity contribution in [3.05, 3.63) is 69.4 Å². The van der Waals surface area contributed by atoms with Crippen molar-refractivity contribution in [2.45, 2.75) is 26.4 Å². The lowest BCUT2D eigenvalue weighted by Gasteiger charge is -2.14. The molecular formula is C17H18BrFO. The van der Waals surface area contributed by atoms with Gasteiger partial charge in [-0.05, 0) is 45.5 Å². The summed E-state index contributed by atoms with van der Waals surface area (Å²) < 4.78 is 13.8.